The zero-order valence-corrected chi connectivity index (χ0v) is 15.2. The minimum atomic E-state index is -0.830. The van der Waals surface area contributed by atoms with Crippen molar-refractivity contribution in [2.75, 3.05) is 11.9 Å². The molecule has 3 rings (SSSR count). The molecular weight excluding hydrogens is 354 g/mol. The van der Waals surface area contributed by atoms with E-state index in [1.807, 2.05) is 18.2 Å². The molecule has 26 heavy (non-hydrogen) atoms. The predicted molar refractivity (Wildman–Crippen MR) is 99.6 cm³/mol. The average molecular weight is 374 g/mol. The van der Waals surface area contributed by atoms with Crippen molar-refractivity contribution in [3.05, 3.63) is 58.6 Å². The first-order chi connectivity index (χ1) is 12.5. The zero-order chi connectivity index (χ0) is 18.5. The molecule has 0 unspecified atom stereocenters. The van der Waals surface area contributed by atoms with Gasteiger partial charge in [-0.3, -0.25) is 4.79 Å². The van der Waals surface area contributed by atoms with Gasteiger partial charge in [-0.1, -0.05) is 17.7 Å². The van der Waals surface area contributed by atoms with Crippen molar-refractivity contribution in [2.45, 2.75) is 32.3 Å². The van der Waals surface area contributed by atoms with Gasteiger partial charge < -0.3 is 14.8 Å². The summed E-state index contributed by atoms with van der Waals surface area (Å²) in [5.74, 6) is -0.486. The molecule has 0 aliphatic heterocycles. The van der Waals surface area contributed by atoms with E-state index in [9.17, 15) is 9.59 Å². The van der Waals surface area contributed by atoms with Crippen molar-refractivity contribution in [1.29, 1.82) is 0 Å². The number of benzene rings is 2. The first-order valence-electron chi connectivity index (χ1n) is 8.52. The number of aryl methyl sites for hydroxylation is 2. The Kier molecular flexibility index (Phi) is 5.78. The fourth-order valence-electron chi connectivity index (χ4n) is 2.87. The summed E-state index contributed by atoms with van der Waals surface area (Å²) >= 11 is 5.80. The van der Waals surface area contributed by atoms with Gasteiger partial charge in [-0.05, 0) is 73.7 Å². The highest BCUT2D eigenvalue weighted by Gasteiger charge is 2.18. The van der Waals surface area contributed by atoms with Crippen molar-refractivity contribution in [1.82, 2.24) is 0 Å². The van der Waals surface area contributed by atoms with Crippen LogP contribution in [-0.2, 0) is 27.2 Å². The fourth-order valence-corrected chi connectivity index (χ4v) is 2.99. The number of fused-ring (bicyclic) bond motifs is 1. The lowest BCUT2D eigenvalue weighted by atomic mass is 10.1. The van der Waals surface area contributed by atoms with Gasteiger partial charge in [-0.15, -0.1) is 0 Å². The topological polar surface area (TPSA) is 64.6 Å². The highest BCUT2D eigenvalue weighted by molar-refractivity contribution is 6.30. The highest BCUT2D eigenvalue weighted by Crippen LogP contribution is 2.24. The van der Waals surface area contributed by atoms with Crippen molar-refractivity contribution in [2.24, 2.45) is 0 Å². The van der Waals surface area contributed by atoms with Gasteiger partial charge >= 0.3 is 5.97 Å². The van der Waals surface area contributed by atoms with Gasteiger partial charge in [0.2, 0.25) is 0 Å². The number of carbonyl (C=O) groups excluding carboxylic acids is 2. The monoisotopic (exact) mass is 373 g/mol. The van der Waals surface area contributed by atoms with E-state index in [0.29, 0.717) is 10.8 Å². The number of nitrogens with one attached hydrogen (secondary N) is 1. The van der Waals surface area contributed by atoms with Crippen molar-refractivity contribution in [3.63, 3.8) is 0 Å². The third kappa shape index (κ3) is 4.76. The lowest BCUT2D eigenvalue weighted by Crippen LogP contribution is -2.29. The van der Waals surface area contributed by atoms with Crippen LogP contribution in [-0.4, -0.2) is 24.6 Å². The Balaban J connectivity index is 1.46. The van der Waals surface area contributed by atoms with Crippen LogP contribution in [0.2, 0.25) is 5.02 Å². The molecule has 2 aromatic rings. The van der Waals surface area contributed by atoms with E-state index in [1.54, 1.807) is 31.2 Å². The molecule has 1 aliphatic rings. The Morgan fingerprint density at radius 3 is 2.62 bits per heavy atom. The first kappa shape index (κ1) is 18.3. The molecule has 6 heteroatoms. The Bertz CT molecular complexity index is 804. The van der Waals surface area contributed by atoms with E-state index < -0.39 is 12.1 Å². The number of carbonyl (C=O) groups is 2. The number of anilines is 1. The smallest absolute Gasteiger partial charge is 0.347 e. The SMILES string of the molecule is C[C@@H](Oc1ccc(Cl)cc1)C(=O)OCC(=O)Nc1ccc2c(c1)CCC2. The van der Waals surface area contributed by atoms with Crippen LogP contribution < -0.4 is 10.1 Å². The van der Waals surface area contributed by atoms with Gasteiger partial charge in [0.25, 0.3) is 5.91 Å². The Hall–Kier alpha value is -2.53. The largest absolute Gasteiger partial charge is 0.479 e. The number of ether oxygens (including phenoxy) is 2. The maximum Gasteiger partial charge on any atom is 0.347 e. The third-order valence-electron chi connectivity index (χ3n) is 4.19. The quantitative estimate of drug-likeness (QED) is 0.783. The van der Waals surface area contributed by atoms with Crippen molar-refractivity contribution >= 4 is 29.2 Å². The molecular formula is C20H20ClNO4. The molecule has 0 aromatic heterocycles. The molecule has 136 valence electrons. The number of rotatable bonds is 6. The molecule has 1 aliphatic carbocycles. The minimum absolute atomic E-state index is 0.357. The van der Waals surface area contributed by atoms with Crippen LogP contribution in [0.15, 0.2) is 42.5 Å². The number of amides is 1. The van der Waals surface area contributed by atoms with E-state index in [1.165, 1.54) is 11.1 Å². The van der Waals surface area contributed by atoms with Gasteiger partial charge in [0, 0.05) is 10.7 Å². The summed E-state index contributed by atoms with van der Waals surface area (Å²) in [6, 6.07) is 12.5. The zero-order valence-electron chi connectivity index (χ0n) is 14.5. The lowest BCUT2D eigenvalue weighted by molar-refractivity contribution is -0.153. The van der Waals surface area contributed by atoms with Crippen LogP contribution in [0.25, 0.3) is 0 Å². The van der Waals surface area contributed by atoms with Gasteiger partial charge in [-0.25, -0.2) is 4.79 Å². The molecule has 2 aromatic carbocycles. The molecule has 1 amide bonds. The van der Waals surface area contributed by atoms with Crippen LogP contribution in [0.5, 0.6) is 5.75 Å². The van der Waals surface area contributed by atoms with E-state index in [4.69, 9.17) is 21.1 Å². The highest BCUT2D eigenvalue weighted by atomic mass is 35.5. The predicted octanol–water partition coefficient (Wildman–Crippen LogP) is 3.78. The van der Waals surface area contributed by atoms with Crippen LogP contribution in [0.1, 0.15) is 24.5 Å². The lowest BCUT2D eigenvalue weighted by Gasteiger charge is -2.14. The maximum absolute atomic E-state index is 12.0. The molecule has 5 nitrogen and oxygen atoms in total. The second-order valence-electron chi connectivity index (χ2n) is 6.21. The first-order valence-corrected chi connectivity index (χ1v) is 8.89. The third-order valence-corrected chi connectivity index (χ3v) is 4.44. The van der Waals surface area contributed by atoms with E-state index >= 15 is 0 Å². The minimum Gasteiger partial charge on any atom is -0.479 e. The Morgan fingerprint density at radius 2 is 1.85 bits per heavy atom. The van der Waals surface area contributed by atoms with Gasteiger partial charge in [0.15, 0.2) is 12.7 Å². The Morgan fingerprint density at radius 1 is 1.12 bits per heavy atom. The van der Waals surface area contributed by atoms with Crippen LogP contribution >= 0.6 is 11.6 Å². The summed E-state index contributed by atoms with van der Waals surface area (Å²) in [4.78, 5) is 24.0. The normalized spacial score (nSPS) is 13.6. The summed E-state index contributed by atoms with van der Waals surface area (Å²) < 4.78 is 10.5. The molecule has 0 fully saturated rings. The molecule has 0 saturated carbocycles. The Labute approximate surface area is 157 Å². The standard InChI is InChI=1S/C20H20ClNO4/c1-13(26-18-9-6-16(21)7-10-18)20(24)25-12-19(23)22-17-8-5-14-3-2-4-15(14)11-17/h5-11,13H,2-4,12H2,1H3,(H,22,23)/t13-/m1/s1. The van der Waals surface area contributed by atoms with E-state index in [-0.39, 0.29) is 12.5 Å². The molecule has 1 atom stereocenters. The van der Waals surface area contributed by atoms with Gasteiger partial charge in [0.1, 0.15) is 5.75 Å². The number of hydrogen-bond donors (Lipinski definition) is 1. The molecule has 0 spiro atoms. The molecule has 0 saturated heterocycles. The fraction of sp³-hybridized carbons (Fsp3) is 0.300. The number of esters is 1. The number of hydrogen-bond acceptors (Lipinski definition) is 4. The second kappa shape index (κ2) is 8.23. The average Bonchev–Trinajstić information content (AvgIpc) is 3.09. The molecule has 1 N–H and O–H groups in total. The summed E-state index contributed by atoms with van der Waals surface area (Å²) in [7, 11) is 0. The van der Waals surface area contributed by atoms with Crippen LogP contribution in [0.4, 0.5) is 5.69 Å². The molecule has 0 radical (unpaired) electrons. The van der Waals surface area contributed by atoms with Gasteiger partial charge in [0.05, 0.1) is 0 Å². The van der Waals surface area contributed by atoms with Gasteiger partial charge in [-0.2, -0.15) is 0 Å². The number of halogens is 1. The summed E-state index contributed by atoms with van der Waals surface area (Å²) in [6.45, 7) is 1.21. The van der Waals surface area contributed by atoms with E-state index in [2.05, 4.69) is 5.32 Å². The molecule has 0 bridgehead atoms. The van der Waals surface area contributed by atoms with E-state index in [0.717, 1.165) is 24.9 Å². The van der Waals surface area contributed by atoms with Crippen LogP contribution in [0.3, 0.4) is 0 Å². The van der Waals surface area contributed by atoms with Crippen molar-refractivity contribution in [3.8, 4) is 5.75 Å². The molecule has 0 heterocycles. The maximum atomic E-state index is 12.0. The summed E-state index contributed by atoms with van der Waals surface area (Å²) in [5, 5.41) is 3.33. The second-order valence-corrected chi connectivity index (χ2v) is 6.64. The summed E-state index contributed by atoms with van der Waals surface area (Å²) in [6.07, 6.45) is 2.44. The van der Waals surface area contributed by atoms with Crippen molar-refractivity contribution < 1.29 is 19.1 Å². The summed E-state index contributed by atoms with van der Waals surface area (Å²) in [5.41, 5.74) is 3.32. The van der Waals surface area contributed by atoms with Crippen LogP contribution in [0, 0.1) is 0 Å².